The van der Waals surface area contributed by atoms with Crippen molar-refractivity contribution in [1.82, 2.24) is 5.32 Å². The van der Waals surface area contributed by atoms with Crippen LogP contribution in [-0.2, 0) is 10.0 Å². The van der Waals surface area contributed by atoms with E-state index in [4.69, 9.17) is 0 Å². The van der Waals surface area contributed by atoms with Gasteiger partial charge < -0.3 is 5.32 Å². The summed E-state index contributed by atoms with van der Waals surface area (Å²) in [5, 5.41) is 2.85. The van der Waals surface area contributed by atoms with Crippen LogP contribution in [0, 0.1) is 13.8 Å². The summed E-state index contributed by atoms with van der Waals surface area (Å²) in [6, 6.07) is 11.5. The van der Waals surface area contributed by atoms with E-state index in [0.29, 0.717) is 11.3 Å². The van der Waals surface area contributed by atoms with E-state index in [1.54, 1.807) is 6.07 Å². The largest absolute Gasteiger partial charge is 0.350 e. The summed E-state index contributed by atoms with van der Waals surface area (Å²) >= 11 is 0. The number of benzene rings is 2. The van der Waals surface area contributed by atoms with Gasteiger partial charge in [0.15, 0.2) is 0 Å². The first-order valence-corrected chi connectivity index (χ1v) is 9.72. The van der Waals surface area contributed by atoms with E-state index >= 15 is 0 Å². The molecule has 1 amide bonds. The number of carbonyl (C=O) groups is 1. The van der Waals surface area contributed by atoms with Crippen molar-refractivity contribution in [3.8, 4) is 0 Å². The van der Waals surface area contributed by atoms with Gasteiger partial charge in [0.05, 0.1) is 10.6 Å². The number of amides is 1. The fourth-order valence-corrected chi connectivity index (χ4v) is 3.46. The number of rotatable bonds is 6. The van der Waals surface area contributed by atoms with Crippen molar-refractivity contribution in [2.75, 3.05) is 4.72 Å². The van der Waals surface area contributed by atoms with Crippen molar-refractivity contribution in [3.63, 3.8) is 0 Å². The molecule has 2 aromatic rings. The van der Waals surface area contributed by atoms with Crippen molar-refractivity contribution in [3.05, 3.63) is 59.2 Å². The molecule has 2 aromatic carbocycles. The minimum atomic E-state index is -3.70. The second kappa shape index (κ2) is 7.70. The maximum absolute atomic E-state index is 12.5. The molecule has 6 heteroatoms. The highest BCUT2D eigenvalue weighted by Gasteiger charge is 2.16. The van der Waals surface area contributed by atoms with Crippen LogP contribution in [0.15, 0.2) is 47.4 Å². The molecule has 0 saturated heterocycles. The molecule has 0 aromatic heterocycles. The predicted octanol–water partition coefficient (Wildman–Crippen LogP) is 3.63. The second-order valence-corrected chi connectivity index (χ2v) is 7.91. The zero-order chi connectivity index (χ0) is 18.6. The molecule has 0 saturated carbocycles. The molecule has 25 heavy (non-hydrogen) atoms. The lowest BCUT2D eigenvalue weighted by Crippen LogP contribution is -2.31. The van der Waals surface area contributed by atoms with Crippen molar-refractivity contribution >= 4 is 21.6 Å². The summed E-state index contributed by atoms with van der Waals surface area (Å²) in [5.41, 5.74) is 2.90. The third-order valence-corrected chi connectivity index (χ3v) is 5.42. The van der Waals surface area contributed by atoms with Gasteiger partial charge in [-0.05, 0) is 63.1 Å². The van der Waals surface area contributed by atoms with Crippen molar-refractivity contribution in [1.29, 1.82) is 0 Å². The smallest absolute Gasteiger partial charge is 0.261 e. The number of carbonyl (C=O) groups excluding carboxylic acids is 1. The van der Waals surface area contributed by atoms with Crippen molar-refractivity contribution in [2.24, 2.45) is 0 Å². The summed E-state index contributed by atoms with van der Waals surface area (Å²) in [6.07, 6.45) is 0.831. The number of anilines is 1. The molecule has 134 valence electrons. The Balaban J connectivity index is 2.18. The highest BCUT2D eigenvalue weighted by Crippen LogP contribution is 2.21. The summed E-state index contributed by atoms with van der Waals surface area (Å²) < 4.78 is 27.7. The molecule has 1 atom stereocenters. The van der Waals surface area contributed by atoms with Crippen LogP contribution in [0.3, 0.4) is 0 Å². The quantitative estimate of drug-likeness (QED) is 0.826. The van der Waals surface area contributed by atoms with Gasteiger partial charge in [-0.15, -0.1) is 0 Å². The molecule has 5 nitrogen and oxygen atoms in total. The van der Waals surface area contributed by atoms with Crippen molar-refractivity contribution in [2.45, 2.75) is 45.1 Å². The van der Waals surface area contributed by atoms with Crippen LogP contribution in [0.5, 0.6) is 0 Å². The van der Waals surface area contributed by atoms with Gasteiger partial charge in [-0.3, -0.25) is 9.52 Å². The average molecular weight is 360 g/mol. The summed E-state index contributed by atoms with van der Waals surface area (Å²) in [7, 11) is -3.70. The van der Waals surface area contributed by atoms with E-state index in [-0.39, 0.29) is 16.8 Å². The maximum atomic E-state index is 12.5. The molecular weight excluding hydrogens is 336 g/mol. The minimum absolute atomic E-state index is 0.0714. The highest BCUT2D eigenvalue weighted by molar-refractivity contribution is 7.92. The first-order valence-electron chi connectivity index (χ1n) is 8.24. The van der Waals surface area contributed by atoms with E-state index in [1.807, 2.05) is 39.8 Å². The van der Waals surface area contributed by atoms with Crippen LogP contribution in [0.25, 0.3) is 0 Å². The predicted molar refractivity (Wildman–Crippen MR) is 100 cm³/mol. The Bertz CT molecular complexity index is 859. The fraction of sp³-hybridized carbons (Fsp3) is 0.316. The molecule has 1 unspecified atom stereocenters. The molecule has 0 bridgehead atoms. The van der Waals surface area contributed by atoms with Crippen LogP contribution >= 0.6 is 0 Å². The molecule has 0 radical (unpaired) electrons. The number of aryl methyl sites for hydroxylation is 2. The zero-order valence-electron chi connectivity index (χ0n) is 15.0. The number of nitrogens with one attached hydrogen (secondary N) is 2. The lowest BCUT2D eigenvalue weighted by molar-refractivity contribution is 0.0939. The molecule has 2 rings (SSSR count). The Morgan fingerprint density at radius 2 is 1.72 bits per heavy atom. The average Bonchev–Trinajstić information content (AvgIpc) is 2.57. The van der Waals surface area contributed by atoms with Gasteiger partial charge in [0, 0.05) is 11.6 Å². The monoisotopic (exact) mass is 360 g/mol. The van der Waals surface area contributed by atoms with E-state index in [9.17, 15) is 13.2 Å². The van der Waals surface area contributed by atoms with Gasteiger partial charge in [0.1, 0.15) is 0 Å². The van der Waals surface area contributed by atoms with Crippen molar-refractivity contribution < 1.29 is 13.2 Å². The van der Waals surface area contributed by atoms with Gasteiger partial charge in [0.2, 0.25) is 0 Å². The highest BCUT2D eigenvalue weighted by atomic mass is 32.2. The van der Waals surface area contributed by atoms with Crippen LogP contribution in [0.1, 0.15) is 41.8 Å². The number of hydrogen-bond donors (Lipinski definition) is 2. The third-order valence-electron chi connectivity index (χ3n) is 4.04. The van der Waals surface area contributed by atoms with Crippen LogP contribution in [0.2, 0.25) is 0 Å². The lowest BCUT2D eigenvalue weighted by atomic mass is 10.1. The van der Waals surface area contributed by atoms with Gasteiger partial charge in [0.25, 0.3) is 15.9 Å². The van der Waals surface area contributed by atoms with Gasteiger partial charge in [-0.2, -0.15) is 0 Å². The maximum Gasteiger partial charge on any atom is 0.261 e. The van der Waals surface area contributed by atoms with Gasteiger partial charge in [-0.1, -0.05) is 24.6 Å². The van der Waals surface area contributed by atoms with Gasteiger partial charge >= 0.3 is 0 Å². The van der Waals surface area contributed by atoms with Crippen LogP contribution < -0.4 is 10.0 Å². The molecular formula is C19H24N2O3S. The molecule has 0 fully saturated rings. The third kappa shape index (κ3) is 4.82. The SMILES string of the molecule is CCC(C)NC(=O)c1ccc(S(=O)(=O)Nc2ccc(C)cc2C)cc1. The van der Waals surface area contributed by atoms with Gasteiger partial charge in [-0.25, -0.2) is 8.42 Å². The fourth-order valence-electron chi connectivity index (χ4n) is 2.33. The minimum Gasteiger partial charge on any atom is -0.350 e. The molecule has 0 aliphatic heterocycles. The first kappa shape index (κ1) is 19.0. The number of sulfonamides is 1. The number of hydrogen-bond acceptors (Lipinski definition) is 3. The summed E-state index contributed by atoms with van der Waals surface area (Å²) in [4.78, 5) is 12.2. The Kier molecular flexibility index (Phi) is 5.85. The Labute approximate surface area is 149 Å². The second-order valence-electron chi connectivity index (χ2n) is 6.23. The van der Waals surface area contributed by atoms with Crippen LogP contribution in [0.4, 0.5) is 5.69 Å². The summed E-state index contributed by atoms with van der Waals surface area (Å²) in [6.45, 7) is 7.71. The topological polar surface area (TPSA) is 75.3 Å². The first-order chi connectivity index (χ1) is 11.7. The molecule has 0 aliphatic rings. The Morgan fingerprint density at radius 3 is 2.28 bits per heavy atom. The molecule has 0 heterocycles. The van der Waals surface area contributed by atoms with E-state index in [0.717, 1.165) is 17.5 Å². The Morgan fingerprint density at radius 1 is 1.08 bits per heavy atom. The van der Waals surface area contributed by atoms with E-state index in [2.05, 4.69) is 10.0 Å². The zero-order valence-corrected chi connectivity index (χ0v) is 15.8. The van der Waals surface area contributed by atoms with Crippen LogP contribution in [-0.4, -0.2) is 20.4 Å². The normalized spacial score (nSPS) is 12.5. The summed E-state index contributed by atoms with van der Waals surface area (Å²) in [5.74, 6) is -0.208. The van der Waals surface area contributed by atoms with E-state index in [1.165, 1.54) is 24.3 Å². The Hall–Kier alpha value is -2.34. The lowest BCUT2D eigenvalue weighted by Gasteiger charge is -2.13. The molecule has 2 N–H and O–H groups in total. The standard InChI is InChI=1S/C19H24N2O3S/c1-5-15(4)20-19(22)16-7-9-17(10-8-16)25(23,24)21-18-11-6-13(2)12-14(18)3/h6-12,15,21H,5H2,1-4H3,(H,20,22). The molecule has 0 aliphatic carbocycles. The van der Waals surface area contributed by atoms with E-state index < -0.39 is 10.0 Å². The molecule has 0 spiro atoms.